The van der Waals surface area contributed by atoms with Crippen LogP contribution in [0.3, 0.4) is 0 Å². The Balaban J connectivity index is 1.62. The monoisotopic (exact) mass is 314 g/mol. The van der Waals surface area contributed by atoms with E-state index in [4.69, 9.17) is 0 Å². The van der Waals surface area contributed by atoms with Gasteiger partial charge in [0.05, 0.1) is 12.1 Å². The van der Waals surface area contributed by atoms with Crippen LogP contribution >= 0.6 is 0 Å². The van der Waals surface area contributed by atoms with E-state index in [1.807, 2.05) is 13.0 Å². The first-order valence-corrected chi connectivity index (χ1v) is 8.17. The lowest BCUT2D eigenvalue weighted by Crippen LogP contribution is -2.22. The minimum absolute atomic E-state index is 0.102. The number of anilines is 1. The summed E-state index contributed by atoms with van der Waals surface area (Å²) in [5.41, 5.74) is 0.564. The van der Waals surface area contributed by atoms with Gasteiger partial charge in [-0.15, -0.1) is 10.2 Å². The van der Waals surface area contributed by atoms with Gasteiger partial charge in [-0.1, -0.05) is 6.42 Å². The summed E-state index contributed by atoms with van der Waals surface area (Å²) >= 11 is 0. The highest BCUT2D eigenvalue weighted by Crippen LogP contribution is 2.15. The summed E-state index contributed by atoms with van der Waals surface area (Å²) in [6, 6.07) is 3.58. The molecular weight excluding hydrogens is 292 g/mol. The lowest BCUT2D eigenvalue weighted by atomic mass is 10.2. The number of rotatable bonds is 5. The standard InChI is InChI=1S/C16H22N6O/c1-2-17-16(23)12-7-8-13(18-10-12)19-11-15-21-20-14-6-4-3-5-9-22(14)15/h7-8,10H,2-6,9,11H2,1H3,(H,17,23)(H,18,19). The molecule has 1 amide bonds. The van der Waals surface area contributed by atoms with E-state index in [1.54, 1.807) is 12.3 Å². The van der Waals surface area contributed by atoms with E-state index in [9.17, 15) is 4.79 Å². The van der Waals surface area contributed by atoms with Gasteiger partial charge in [0, 0.05) is 25.7 Å². The second kappa shape index (κ2) is 7.21. The summed E-state index contributed by atoms with van der Waals surface area (Å²) in [6.07, 6.45) is 6.20. The number of carbonyl (C=O) groups excluding carboxylic acids is 1. The molecule has 0 radical (unpaired) electrons. The Hall–Kier alpha value is -2.44. The molecule has 1 aliphatic rings. The average Bonchev–Trinajstić information content (AvgIpc) is 2.80. The number of aromatic nitrogens is 4. The Labute approximate surface area is 135 Å². The molecule has 2 N–H and O–H groups in total. The predicted octanol–water partition coefficient (Wildman–Crippen LogP) is 1.76. The van der Waals surface area contributed by atoms with Gasteiger partial charge < -0.3 is 15.2 Å². The predicted molar refractivity (Wildman–Crippen MR) is 87.1 cm³/mol. The minimum atomic E-state index is -0.102. The van der Waals surface area contributed by atoms with Crippen molar-refractivity contribution in [3.63, 3.8) is 0 Å². The number of pyridine rings is 1. The van der Waals surface area contributed by atoms with Crippen LogP contribution in [0.4, 0.5) is 5.82 Å². The Morgan fingerprint density at radius 3 is 2.96 bits per heavy atom. The first-order valence-electron chi connectivity index (χ1n) is 8.17. The van der Waals surface area contributed by atoms with Gasteiger partial charge in [0.1, 0.15) is 11.6 Å². The van der Waals surface area contributed by atoms with Crippen molar-refractivity contribution < 1.29 is 4.79 Å². The van der Waals surface area contributed by atoms with Crippen LogP contribution in [0.1, 0.15) is 48.2 Å². The van der Waals surface area contributed by atoms with Crippen LogP contribution < -0.4 is 10.6 Å². The number of carbonyl (C=O) groups is 1. The second-order valence-electron chi connectivity index (χ2n) is 5.64. The highest BCUT2D eigenvalue weighted by molar-refractivity contribution is 5.93. The quantitative estimate of drug-likeness (QED) is 0.878. The number of fused-ring (bicyclic) bond motifs is 1. The number of hydrogen-bond donors (Lipinski definition) is 2. The topological polar surface area (TPSA) is 84.7 Å². The summed E-state index contributed by atoms with van der Waals surface area (Å²) in [5, 5.41) is 14.6. The van der Waals surface area contributed by atoms with Crippen LogP contribution in [0.15, 0.2) is 18.3 Å². The van der Waals surface area contributed by atoms with Crippen LogP contribution in [-0.4, -0.2) is 32.2 Å². The van der Waals surface area contributed by atoms with Crippen molar-refractivity contribution in [1.82, 2.24) is 25.1 Å². The fourth-order valence-electron chi connectivity index (χ4n) is 2.74. The smallest absolute Gasteiger partial charge is 0.252 e. The molecule has 122 valence electrons. The molecule has 0 aliphatic carbocycles. The molecule has 0 saturated heterocycles. The Kier molecular flexibility index (Phi) is 4.85. The third-order valence-electron chi connectivity index (χ3n) is 3.98. The summed E-state index contributed by atoms with van der Waals surface area (Å²) < 4.78 is 2.21. The van der Waals surface area contributed by atoms with Gasteiger partial charge in [0.2, 0.25) is 0 Å². The van der Waals surface area contributed by atoms with Crippen molar-refractivity contribution in [3.8, 4) is 0 Å². The molecule has 3 rings (SSSR count). The van der Waals surface area contributed by atoms with E-state index in [-0.39, 0.29) is 5.91 Å². The molecular formula is C16H22N6O. The zero-order valence-electron chi connectivity index (χ0n) is 13.4. The van der Waals surface area contributed by atoms with Gasteiger partial charge in [0.15, 0.2) is 5.82 Å². The van der Waals surface area contributed by atoms with Crippen molar-refractivity contribution in [2.24, 2.45) is 0 Å². The first-order chi connectivity index (χ1) is 11.3. The lowest BCUT2D eigenvalue weighted by Gasteiger charge is -2.09. The number of hydrogen-bond acceptors (Lipinski definition) is 5. The summed E-state index contributed by atoms with van der Waals surface area (Å²) in [5.74, 6) is 2.65. The number of nitrogens with zero attached hydrogens (tertiary/aromatic N) is 4. The molecule has 2 aromatic rings. The maximum atomic E-state index is 11.7. The molecule has 0 aromatic carbocycles. The Morgan fingerprint density at radius 1 is 1.26 bits per heavy atom. The van der Waals surface area contributed by atoms with Crippen LogP contribution in [0.5, 0.6) is 0 Å². The first kappa shape index (κ1) is 15.5. The van der Waals surface area contributed by atoms with E-state index in [0.717, 1.165) is 30.4 Å². The second-order valence-corrected chi connectivity index (χ2v) is 5.64. The largest absolute Gasteiger partial charge is 0.363 e. The minimum Gasteiger partial charge on any atom is -0.363 e. The lowest BCUT2D eigenvalue weighted by molar-refractivity contribution is 0.0955. The number of aryl methyl sites for hydroxylation is 1. The zero-order chi connectivity index (χ0) is 16.1. The summed E-state index contributed by atoms with van der Waals surface area (Å²) in [4.78, 5) is 16.0. The molecule has 3 heterocycles. The molecule has 7 nitrogen and oxygen atoms in total. The molecule has 0 spiro atoms. The third-order valence-corrected chi connectivity index (χ3v) is 3.98. The normalized spacial score (nSPS) is 14.0. The zero-order valence-corrected chi connectivity index (χ0v) is 13.4. The molecule has 0 bridgehead atoms. The van der Waals surface area contributed by atoms with E-state index < -0.39 is 0 Å². The van der Waals surface area contributed by atoms with Crippen molar-refractivity contribution in [3.05, 3.63) is 35.5 Å². The fraction of sp³-hybridized carbons (Fsp3) is 0.500. The van der Waals surface area contributed by atoms with Crippen LogP contribution in [0, 0.1) is 0 Å². The van der Waals surface area contributed by atoms with Crippen molar-refractivity contribution >= 4 is 11.7 Å². The molecule has 23 heavy (non-hydrogen) atoms. The fourth-order valence-corrected chi connectivity index (χ4v) is 2.74. The van der Waals surface area contributed by atoms with E-state index >= 15 is 0 Å². The van der Waals surface area contributed by atoms with Gasteiger partial charge in [0.25, 0.3) is 5.91 Å². The highest BCUT2D eigenvalue weighted by Gasteiger charge is 2.14. The van der Waals surface area contributed by atoms with Gasteiger partial charge in [-0.2, -0.15) is 0 Å². The Bertz CT molecular complexity index is 664. The molecule has 2 aromatic heterocycles. The highest BCUT2D eigenvalue weighted by atomic mass is 16.1. The maximum absolute atomic E-state index is 11.7. The molecule has 0 unspecified atom stereocenters. The van der Waals surface area contributed by atoms with Gasteiger partial charge >= 0.3 is 0 Å². The number of nitrogens with one attached hydrogen (secondary N) is 2. The third kappa shape index (κ3) is 3.67. The SMILES string of the molecule is CCNC(=O)c1ccc(NCc2nnc3n2CCCCC3)nc1. The van der Waals surface area contributed by atoms with Crippen molar-refractivity contribution in [2.75, 3.05) is 11.9 Å². The van der Waals surface area contributed by atoms with Crippen LogP contribution in [0.25, 0.3) is 0 Å². The molecule has 7 heteroatoms. The van der Waals surface area contributed by atoms with E-state index in [1.165, 1.54) is 19.3 Å². The van der Waals surface area contributed by atoms with Crippen molar-refractivity contribution in [1.29, 1.82) is 0 Å². The van der Waals surface area contributed by atoms with Crippen LogP contribution in [0.2, 0.25) is 0 Å². The summed E-state index contributed by atoms with van der Waals surface area (Å²) in [6.45, 7) is 4.07. The van der Waals surface area contributed by atoms with Crippen molar-refractivity contribution in [2.45, 2.75) is 45.7 Å². The van der Waals surface area contributed by atoms with Gasteiger partial charge in [-0.25, -0.2) is 4.98 Å². The molecule has 0 atom stereocenters. The van der Waals surface area contributed by atoms with Gasteiger partial charge in [-0.3, -0.25) is 4.79 Å². The Morgan fingerprint density at radius 2 is 2.17 bits per heavy atom. The molecule has 1 aliphatic heterocycles. The summed E-state index contributed by atoms with van der Waals surface area (Å²) in [7, 11) is 0. The molecule has 0 fully saturated rings. The van der Waals surface area contributed by atoms with E-state index in [0.29, 0.717) is 18.7 Å². The number of amides is 1. The maximum Gasteiger partial charge on any atom is 0.252 e. The van der Waals surface area contributed by atoms with Gasteiger partial charge in [-0.05, 0) is 31.9 Å². The van der Waals surface area contributed by atoms with E-state index in [2.05, 4.69) is 30.4 Å². The average molecular weight is 314 g/mol. The van der Waals surface area contributed by atoms with Crippen LogP contribution in [-0.2, 0) is 19.5 Å². The molecule has 0 saturated carbocycles.